The van der Waals surface area contributed by atoms with Gasteiger partial charge in [-0.1, -0.05) is 68.5 Å². The fourth-order valence-electron chi connectivity index (χ4n) is 10.0. The summed E-state index contributed by atoms with van der Waals surface area (Å²) in [7, 11) is 0. The van der Waals surface area contributed by atoms with E-state index in [1.807, 2.05) is 0 Å². The minimum atomic E-state index is -2.42. The Morgan fingerprint density at radius 2 is 1.49 bits per heavy atom. The zero-order valence-electron chi connectivity index (χ0n) is 36.8. The number of Topliss-reactive ketones (excluding diaryl/α,β-unsaturated/α-hetero) is 1. The van der Waals surface area contributed by atoms with Gasteiger partial charge in [0, 0.05) is 44.6 Å². The fraction of sp³-hybridized carbons (Fsp3) is 0.511. The minimum absolute atomic E-state index is 0.0175. The zero-order chi connectivity index (χ0) is 46.4. The number of rotatable bonds is 11. The Morgan fingerprint density at radius 1 is 0.873 bits per heavy atom. The Hall–Kier alpha value is -5.71. The maximum absolute atomic E-state index is 15.5. The largest absolute Gasteiger partial charge is 0.455 e. The molecule has 1 saturated heterocycles. The summed E-state index contributed by atoms with van der Waals surface area (Å²) in [5.41, 5.74) is -7.09. The zero-order valence-corrected chi connectivity index (χ0v) is 36.8. The molecule has 2 bridgehead atoms. The van der Waals surface area contributed by atoms with E-state index in [0.717, 1.165) is 20.8 Å². The Bertz CT molecular complexity index is 2240. The smallest absolute Gasteiger partial charge is 0.350 e. The average molecular weight is 874 g/mol. The lowest BCUT2D eigenvalue weighted by atomic mass is 9.44. The van der Waals surface area contributed by atoms with Crippen LogP contribution in [0.5, 0.6) is 0 Å². The normalized spacial score (nSPS) is 31.8. The summed E-state index contributed by atoms with van der Waals surface area (Å²) < 4.78 is 36.1. The van der Waals surface area contributed by atoms with E-state index in [1.54, 1.807) is 82.3 Å². The highest BCUT2D eigenvalue weighted by Gasteiger charge is 2.78. The van der Waals surface area contributed by atoms with Crippen LogP contribution in [0.4, 0.5) is 0 Å². The van der Waals surface area contributed by atoms with Gasteiger partial charge in [0.15, 0.2) is 17.5 Å². The summed E-state index contributed by atoms with van der Waals surface area (Å²) in [6, 6.07) is 14.8. The lowest BCUT2D eigenvalue weighted by Crippen LogP contribution is -2.82. The first-order valence-electron chi connectivity index (χ1n) is 20.8. The number of ether oxygens (including phenoxy) is 6. The van der Waals surface area contributed by atoms with Crippen molar-refractivity contribution in [2.45, 2.75) is 129 Å². The van der Waals surface area contributed by atoms with E-state index >= 15 is 4.79 Å². The highest BCUT2D eigenvalue weighted by Crippen LogP contribution is 2.64. The van der Waals surface area contributed by atoms with Crippen molar-refractivity contribution in [3.05, 3.63) is 94.6 Å². The second kappa shape index (κ2) is 17.5. The number of fused-ring (bicyclic) bond motifs is 5. The Labute approximate surface area is 365 Å². The number of ketones is 1. The van der Waals surface area contributed by atoms with Gasteiger partial charge in [0.2, 0.25) is 12.0 Å². The first-order valence-corrected chi connectivity index (χ1v) is 20.8. The number of allylic oxidation sites excluding steroid dienone is 1. The van der Waals surface area contributed by atoms with Crippen LogP contribution < -0.4 is 5.32 Å². The molecule has 0 radical (unpaired) electrons. The summed E-state index contributed by atoms with van der Waals surface area (Å²) in [4.78, 5) is 96.7. The third kappa shape index (κ3) is 8.08. The molecule has 1 aliphatic heterocycles. The van der Waals surface area contributed by atoms with Gasteiger partial charge in [0.25, 0.3) is 0 Å². The van der Waals surface area contributed by atoms with Crippen molar-refractivity contribution in [3.63, 3.8) is 0 Å². The Morgan fingerprint density at radius 3 is 2.03 bits per heavy atom. The molecule has 3 aliphatic carbocycles. The second-order valence-corrected chi connectivity index (χ2v) is 17.5. The van der Waals surface area contributed by atoms with E-state index < -0.39 is 119 Å². The number of esters is 5. The predicted octanol–water partition coefficient (Wildman–Crippen LogP) is 3.96. The lowest BCUT2D eigenvalue weighted by Gasteiger charge is -2.67. The van der Waals surface area contributed by atoms with Crippen molar-refractivity contribution >= 4 is 41.5 Å². The molecule has 3 N–H and O–H groups in total. The highest BCUT2D eigenvalue weighted by molar-refractivity contribution is 5.96. The van der Waals surface area contributed by atoms with Crippen LogP contribution in [-0.4, -0.2) is 106 Å². The maximum atomic E-state index is 15.5. The molecule has 3 fully saturated rings. The Balaban J connectivity index is 1.59. The van der Waals surface area contributed by atoms with Crippen LogP contribution in [0.15, 0.2) is 83.5 Å². The number of carbonyl (C=O) groups excluding carboxylic acids is 7. The number of nitrogens with one attached hydrogen (secondary N) is 1. The minimum Gasteiger partial charge on any atom is -0.455 e. The molecule has 63 heavy (non-hydrogen) atoms. The first-order chi connectivity index (χ1) is 29.5. The number of carbonyl (C=O) groups is 7. The van der Waals surface area contributed by atoms with Crippen LogP contribution in [0.3, 0.4) is 0 Å². The van der Waals surface area contributed by atoms with Crippen molar-refractivity contribution in [3.8, 4) is 0 Å². The fourth-order valence-corrected chi connectivity index (χ4v) is 10.0. The predicted molar refractivity (Wildman–Crippen MR) is 221 cm³/mol. The maximum Gasteiger partial charge on any atom is 0.350 e. The monoisotopic (exact) mass is 873 g/mol. The van der Waals surface area contributed by atoms with E-state index in [-0.39, 0.29) is 29.7 Å². The number of benzene rings is 2. The van der Waals surface area contributed by atoms with Crippen molar-refractivity contribution < 1.29 is 72.2 Å². The second-order valence-electron chi connectivity index (χ2n) is 17.5. The molecule has 2 aromatic rings. The van der Waals surface area contributed by atoms with Crippen LogP contribution >= 0.6 is 0 Å². The highest BCUT2D eigenvalue weighted by atomic mass is 16.6. The molecule has 0 spiro atoms. The third-order valence-electron chi connectivity index (χ3n) is 13.5. The van der Waals surface area contributed by atoms with Crippen LogP contribution in [0.1, 0.15) is 97.1 Å². The van der Waals surface area contributed by atoms with Crippen molar-refractivity contribution in [2.24, 2.45) is 16.7 Å². The van der Waals surface area contributed by atoms with Gasteiger partial charge in [0.1, 0.15) is 30.0 Å². The van der Waals surface area contributed by atoms with Gasteiger partial charge >= 0.3 is 29.8 Å². The number of hydrogen-bond donors (Lipinski definition) is 3. The molecule has 11 unspecified atom stereocenters. The summed E-state index contributed by atoms with van der Waals surface area (Å²) in [5, 5.41) is 28.6. The molecule has 2 aromatic carbocycles. The van der Waals surface area contributed by atoms with Gasteiger partial charge < -0.3 is 44.0 Å². The summed E-state index contributed by atoms with van der Waals surface area (Å²) in [6.07, 6.45) is -8.87. The molecule has 16 nitrogen and oxygen atoms in total. The van der Waals surface area contributed by atoms with Crippen LogP contribution in [0.25, 0.3) is 0 Å². The molecule has 338 valence electrons. The summed E-state index contributed by atoms with van der Waals surface area (Å²) in [5.74, 6) is -7.72. The van der Waals surface area contributed by atoms with Gasteiger partial charge in [0.05, 0.1) is 29.6 Å². The molecule has 4 aliphatic rings. The first kappa shape index (κ1) is 46.8. The molecular weight excluding hydrogens is 819 g/mol. The number of hydrogen-bond acceptors (Lipinski definition) is 15. The number of aliphatic hydroxyl groups excluding tert-OH is 1. The van der Waals surface area contributed by atoms with Crippen molar-refractivity contribution in [1.29, 1.82) is 0 Å². The molecule has 1 heterocycles. The van der Waals surface area contributed by atoms with E-state index in [9.17, 15) is 39.0 Å². The molecule has 16 heteroatoms. The molecule has 6 rings (SSSR count). The average Bonchev–Trinajstić information content (AvgIpc) is 3.22. The lowest BCUT2D eigenvalue weighted by molar-refractivity contribution is -0.346. The molecule has 1 amide bonds. The van der Waals surface area contributed by atoms with E-state index in [4.69, 9.17) is 28.4 Å². The molecule has 0 aromatic heterocycles. The van der Waals surface area contributed by atoms with E-state index in [2.05, 4.69) is 5.32 Å². The van der Waals surface area contributed by atoms with Crippen molar-refractivity contribution in [2.75, 3.05) is 6.61 Å². The topological polar surface area (TPSA) is 227 Å². The van der Waals surface area contributed by atoms with Crippen molar-refractivity contribution in [1.82, 2.24) is 5.32 Å². The van der Waals surface area contributed by atoms with Gasteiger partial charge in [-0.3, -0.25) is 24.0 Å². The van der Waals surface area contributed by atoms with Gasteiger partial charge in [-0.15, -0.1) is 0 Å². The van der Waals surface area contributed by atoms with Crippen LogP contribution in [0, 0.1) is 16.7 Å². The molecular formula is C47H55NO15. The molecule has 2 saturated carbocycles. The Kier molecular flexibility index (Phi) is 13.0. The van der Waals surface area contributed by atoms with E-state index in [1.165, 1.54) is 26.0 Å². The SMILES string of the molecule is CC=C(C)C(=O)NC(c1ccccc1)C(OC(C)=O)C(=O)OC1CC2(O)C(OC(=O)c3ccccc3)C3C4(OC(C)=O)COC4CC(O)C3(C)C(=O)C(OC(C)=O)C(=C1C)C2(C)C. The standard InChI is InChI=1S/C47H55NO15/c1-10-24(2)41(54)48-35(29-17-13-11-14-18-29)37(60-27(5)50)43(56)61-31-22-47(57)40(62-42(55)30-19-15-12-16-20-30)38-45(9,32(52)21-33-46(38,23-58-33)63-28(6)51)39(53)36(59-26(4)49)34(25(31)3)44(47,7)8/h10-20,31-33,35-38,40,52,57H,21-23H2,1-9H3,(H,48,54). The number of aliphatic hydroxyl groups is 2. The summed E-state index contributed by atoms with van der Waals surface area (Å²) >= 11 is 0. The van der Waals surface area contributed by atoms with Gasteiger partial charge in [-0.05, 0) is 56.5 Å². The van der Waals surface area contributed by atoms with Gasteiger partial charge in [-0.2, -0.15) is 0 Å². The quantitative estimate of drug-likeness (QED) is 0.126. The number of amides is 1. The van der Waals surface area contributed by atoms with E-state index in [0.29, 0.717) is 11.1 Å². The van der Waals surface area contributed by atoms with Gasteiger partial charge in [-0.25, -0.2) is 9.59 Å². The van der Waals surface area contributed by atoms with Crippen LogP contribution in [-0.2, 0) is 57.2 Å². The van der Waals surface area contributed by atoms with Crippen LogP contribution in [0.2, 0.25) is 0 Å². The third-order valence-corrected chi connectivity index (χ3v) is 13.5. The summed E-state index contributed by atoms with van der Waals surface area (Å²) in [6.45, 7) is 12.2. The molecule has 11 atom stereocenters.